The van der Waals surface area contributed by atoms with Crippen LogP contribution in [0.5, 0.6) is 0 Å². The van der Waals surface area contributed by atoms with Crippen LogP contribution < -0.4 is 0 Å². The monoisotopic (exact) mass is 247 g/mol. The quantitative estimate of drug-likeness (QED) is 0.354. The molecule has 0 aromatic heterocycles. The van der Waals surface area contributed by atoms with Gasteiger partial charge in [-0.2, -0.15) is 10.1 Å². The smallest absolute Gasteiger partial charge is 0.246 e. The molecule has 0 spiro atoms. The summed E-state index contributed by atoms with van der Waals surface area (Å²) in [5.74, 6) is -1.29. The van der Waals surface area contributed by atoms with Gasteiger partial charge in [0.1, 0.15) is 12.3 Å². The number of hydrogen-bond donors (Lipinski definition) is 5. The van der Waals surface area contributed by atoms with Gasteiger partial charge in [-0.1, -0.05) is 0 Å². The lowest BCUT2D eigenvalue weighted by atomic mass is 10.0. The Morgan fingerprint density at radius 1 is 1.35 bits per heavy atom. The van der Waals surface area contributed by atoms with Crippen molar-refractivity contribution in [1.82, 2.24) is 5.01 Å². The number of nitrogens with zero attached hydrogens (tertiary/aromatic N) is 3. The Kier molecular flexibility index (Phi) is 3.26. The summed E-state index contributed by atoms with van der Waals surface area (Å²) in [6, 6.07) is 0. The molecule has 0 amide bonds. The van der Waals surface area contributed by atoms with E-state index < -0.39 is 43.4 Å². The van der Waals surface area contributed by atoms with Gasteiger partial charge in [0, 0.05) is 0 Å². The normalized spacial score (nSPS) is 41.8. The number of aliphatic imine (C=N–C) groups is 1. The molecule has 0 aromatic carbocycles. The van der Waals surface area contributed by atoms with Gasteiger partial charge < -0.3 is 30.3 Å². The van der Waals surface area contributed by atoms with Crippen LogP contribution in [0.1, 0.15) is 0 Å². The highest BCUT2D eigenvalue weighted by atomic mass is 16.6. The van der Waals surface area contributed by atoms with Crippen molar-refractivity contribution in [2.45, 2.75) is 25.0 Å². The molecule has 9 heteroatoms. The molecule has 0 bridgehead atoms. The molecule has 1 fully saturated rings. The second-order valence-electron chi connectivity index (χ2n) is 3.71. The van der Waals surface area contributed by atoms with Crippen LogP contribution in [0.3, 0.4) is 0 Å². The van der Waals surface area contributed by atoms with Gasteiger partial charge in [0.25, 0.3) is 0 Å². The molecule has 2 aliphatic rings. The lowest BCUT2D eigenvalue weighted by Crippen LogP contribution is -2.46. The molecule has 2 rings (SSSR count). The summed E-state index contributed by atoms with van der Waals surface area (Å²) >= 11 is 0. The molecule has 96 valence electrons. The van der Waals surface area contributed by atoms with Gasteiger partial charge in [0.05, 0.1) is 12.5 Å². The van der Waals surface area contributed by atoms with E-state index in [9.17, 15) is 15.3 Å². The molecule has 9 nitrogen and oxygen atoms in total. The fourth-order valence-corrected chi connectivity index (χ4v) is 1.75. The van der Waals surface area contributed by atoms with Crippen LogP contribution in [0.4, 0.5) is 0 Å². The zero-order valence-corrected chi connectivity index (χ0v) is 8.66. The van der Waals surface area contributed by atoms with E-state index in [1.165, 1.54) is 0 Å². The number of hydrazone groups is 1. The summed E-state index contributed by atoms with van der Waals surface area (Å²) in [5, 5.41) is 51.0. The minimum absolute atomic E-state index is 0.451. The lowest BCUT2D eigenvalue weighted by molar-refractivity contribution is -0.185. The fraction of sp³-hybridized carbons (Fsp3) is 0.750. The van der Waals surface area contributed by atoms with Crippen LogP contribution in [-0.2, 0) is 4.74 Å². The van der Waals surface area contributed by atoms with Crippen molar-refractivity contribution in [3.8, 4) is 0 Å². The third-order valence-electron chi connectivity index (χ3n) is 2.64. The topological polar surface area (TPSA) is 138 Å². The van der Waals surface area contributed by atoms with Gasteiger partial charge in [-0.15, -0.1) is 0 Å². The maximum absolute atomic E-state index is 9.53. The van der Waals surface area contributed by atoms with Crippen LogP contribution in [0.2, 0.25) is 0 Å². The van der Waals surface area contributed by atoms with Gasteiger partial charge in [-0.05, 0) is 0 Å². The third kappa shape index (κ3) is 2.10. The highest BCUT2D eigenvalue weighted by Gasteiger charge is 2.47. The molecule has 0 aliphatic carbocycles. The second kappa shape index (κ2) is 4.55. The van der Waals surface area contributed by atoms with Crippen molar-refractivity contribution >= 4 is 12.1 Å². The molecule has 0 radical (unpaired) electrons. The van der Waals surface area contributed by atoms with E-state index in [4.69, 9.17) is 14.9 Å². The standard InChI is InChI=1S/C8H13N3O6/c12-2-3-5(14)7(15)17-6(3)11-8(16)10-4(13)1-9-11/h1,3,5-8,12,14-16H,2H2,(H,10,13). The summed E-state index contributed by atoms with van der Waals surface area (Å²) in [4.78, 5) is 3.41. The molecule has 2 heterocycles. The number of aliphatic hydroxyl groups is 5. The Balaban J connectivity index is 2.15. The first kappa shape index (κ1) is 12.2. The van der Waals surface area contributed by atoms with E-state index in [1.54, 1.807) is 0 Å². The maximum Gasteiger partial charge on any atom is 0.246 e. The zero-order chi connectivity index (χ0) is 12.6. The van der Waals surface area contributed by atoms with Crippen molar-refractivity contribution in [2.75, 3.05) is 6.61 Å². The van der Waals surface area contributed by atoms with Crippen molar-refractivity contribution in [3.63, 3.8) is 0 Å². The number of aliphatic hydroxyl groups excluding tert-OH is 5. The van der Waals surface area contributed by atoms with Gasteiger partial charge >= 0.3 is 0 Å². The molecule has 5 unspecified atom stereocenters. The number of hydrogen-bond acceptors (Lipinski definition) is 8. The largest absolute Gasteiger partial charge is 0.492 e. The number of rotatable bonds is 2. The van der Waals surface area contributed by atoms with Gasteiger partial charge in [-0.25, -0.2) is 5.01 Å². The average molecular weight is 247 g/mol. The van der Waals surface area contributed by atoms with Crippen molar-refractivity contribution < 1.29 is 30.3 Å². The Morgan fingerprint density at radius 3 is 2.65 bits per heavy atom. The molecule has 0 aromatic rings. The first-order valence-corrected chi connectivity index (χ1v) is 4.94. The predicted octanol–water partition coefficient (Wildman–Crippen LogP) is -2.84. The molecule has 17 heavy (non-hydrogen) atoms. The van der Waals surface area contributed by atoms with Crippen LogP contribution in [-0.4, -0.2) is 74.2 Å². The molecule has 5 atom stereocenters. The first-order valence-electron chi connectivity index (χ1n) is 4.94. The Morgan fingerprint density at radius 2 is 2.06 bits per heavy atom. The minimum Gasteiger partial charge on any atom is -0.492 e. The van der Waals surface area contributed by atoms with Crippen LogP contribution in [0.25, 0.3) is 0 Å². The lowest BCUT2D eigenvalue weighted by Gasteiger charge is -2.31. The maximum atomic E-state index is 9.53. The minimum atomic E-state index is -1.50. The Labute approximate surface area is 95.9 Å². The van der Waals surface area contributed by atoms with Crippen LogP contribution >= 0.6 is 0 Å². The molecular formula is C8H13N3O6. The van der Waals surface area contributed by atoms with Gasteiger partial charge in [0.15, 0.2) is 12.5 Å². The van der Waals surface area contributed by atoms with Gasteiger partial charge in [0.2, 0.25) is 12.2 Å². The van der Waals surface area contributed by atoms with E-state index >= 15 is 0 Å². The SMILES string of the molecule is OCC1C(O)C(O)OC1N1N=CC(O)=NC1O. The van der Waals surface area contributed by atoms with E-state index in [0.29, 0.717) is 0 Å². The highest BCUT2D eigenvalue weighted by molar-refractivity contribution is 6.25. The van der Waals surface area contributed by atoms with E-state index in [0.717, 1.165) is 11.2 Å². The third-order valence-corrected chi connectivity index (χ3v) is 2.64. The summed E-state index contributed by atoms with van der Waals surface area (Å²) in [6.45, 7) is -0.461. The zero-order valence-electron chi connectivity index (χ0n) is 8.66. The summed E-state index contributed by atoms with van der Waals surface area (Å²) < 4.78 is 4.97. The molecule has 1 saturated heterocycles. The predicted molar refractivity (Wildman–Crippen MR) is 53.9 cm³/mol. The molecular weight excluding hydrogens is 234 g/mol. The number of ether oxygens (including phenoxy) is 1. The fourth-order valence-electron chi connectivity index (χ4n) is 1.75. The van der Waals surface area contributed by atoms with Crippen LogP contribution in [0, 0.1) is 5.92 Å². The molecule has 5 N–H and O–H groups in total. The summed E-state index contributed by atoms with van der Waals surface area (Å²) in [5.41, 5.74) is 0. The molecule has 2 aliphatic heterocycles. The van der Waals surface area contributed by atoms with Crippen LogP contribution in [0.15, 0.2) is 10.1 Å². The summed E-state index contributed by atoms with van der Waals surface area (Å²) in [7, 11) is 0. The van der Waals surface area contributed by atoms with E-state index in [2.05, 4.69) is 10.1 Å². The average Bonchev–Trinajstić information content (AvgIpc) is 2.55. The van der Waals surface area contributed by atoms with Crippen molar-refractivity contribution in [3.05, 3.63) is 0 Å². The van der Waals surface area contributed by atoms with Gasteiger partial charge in [-0.3, -0.25) is 0 Å². The summed E-state index contributed by atoms with van der Waals surface area (Å²) in [6.07, 6.45) is -4.32. The van der Waals surface area contributed by atoms with E-state index in [1.807, 2.05) is 0 Å². The van der Waals surface area contributed by atoms with Crippen molar-refractivity contribution in [1.29, 1.82) is 0 Å². The Hall–Kier alpha value is -1.26. The van der Waals surface area contributed by atoms with E-state index in [-0.39, 0.29) is 0 Å². The van der Waals surface area contributed by atoms with Crippen molar-refractivity contribution in [2.24, 2.45) is 16.0 Å². The first-order chi connectivity index (χ1) is 8.04. The molecule has 0 saturated carbocycles. The highest BCUT2D eigenvalue weighted by Crippen LogP contribution is 2.29. The second-order valence-corrected chi connectivity index (χ2v) is 3.71. The Bertz CT molecular complexity index is 348.